The Kier molecular flexibility index (Phi) is 4.29. The number of aryl methyl sites for hydroxylation is 2. The lowest BCUT2D eigenvalue weighted by molar-refractivity contribution is -0.149. The standard InChI is InChI=1S/C16H21NO3S/c1-2-20-16(19)11-6-8-17(9-7-11)15(18)14-10-12-4-3-5-13(12)21-14/h10-11H,2-9H2,1H3. The van der Waals surface area contributed by atoms with Crippen molar-refractivity contribution < 1.29 is 14.3 Å². The van der Waals surface area contributed by atoms with Crippen molar-refractivity contribution in [1.29, 1.82) is 0 Å². The number of rotatable bonds is 3. The number of esters is 1. The number of carbonyl (C=O) groups excluding carboxylic acids is 2. The zero-order valence-corrected chi connectivity index (χ0v) is 13.2. The Hall–Kier alpha value is -1.36. The number of nitrogens with zero attached hydrogens (tertiary/aromatic N) is 1. The molecule has 1 amide bonds. The summed E-state index contributed by atoms with van der Waals surface area (Å²) < 4.78 is 5.06. The summed E-state index contributed by atoms with van der Waals surface area (Å²) in [4.78, 5) is 28.4. The first-order chi connectivity index (χ1) is 10.2. The third kappa shape index (κ3) is 2.98. The number of piperidine rings is 1. The summed E-state index contributed by atoms with van der Waals surface area (Å²) in [5.74, 6) is -0.0150. The molecule has 0 radical (unpaired) electrons. The molecule has 5 heteroatoms. The number of thiophene rings is 1. The number of fused-ring (bicyclic) bond motifs is 1. The van der Waals surface area contributed by atoms with Crippen molar-refractivity contribution >= 4 is 23.2 Å². The molecule has 4 nitrogen and oxygen atoms in total. The van der Waals surface area contributed by atoms with Gasteiger partial charge in [0.05, 0.1) is 17.4 Å². The number of hydrogen-bond donors (Lipinski definition) is 0. The van der Waals surface area contributed by atoms with E-state index in [1.165, 1.54) is 16.9 Å². The molecule has 0 bridgehead atoms. The van der Waals surface area contributed by atoms with Gasteiger partial charge in [0.2, 0.25) is 0 Å². The maximum absolute atomic E-state index is 12.5. The summed E-state index contributed by atoms with van der Waals surface area (Å²) in [6.07, 6.45) is 4.90. The molecule has 21 heavy (non-hydrogen) atoms. The molecule has 1 aliphatic heterocycles. The molecular formula is C16H21NO3S. The number of amides is 1. The highest BCUT2D eigenvalue weighted by atomic mass is 32.1. The molecule has 1 aromatic rings. The average Bonchev–Trinajstić information content (AvgIpc) is 3.08. The van der Waals surface area contributed by atoms with Gasteiger partial charge in [-0.05, 0) is 50.7 Å². The quantitative estimate of drug-likeness (QED) is 0.807. The van der Waals surface area contributed by atoms with Crippen molar-refractivity contribution in [2.75, 3.05) is 19.7 Å². The van der Waals surface area contributed by atoms with E-state index in [1.807, 2.05) is 11.8 Å². The monoisotopic (exact) mass is 307 g/mol. The molecule has 2 heterocycles. The van der Waals surface area contributed by atoms with Crippen LogP contribution in [0.4, 0.5) is 0 Å². The fourth-order valence-electron chi connectivity index (χ4n) is 3.17. The van der Waals surface area contributed by atoms with Gasteiger partial charge in [-0.2, -0.15) is 0 Å². The number of likely N-dealkylation sites (tertiary alicyclic amines) is 1. The Labute approximate surface area is 129 Å². The molecule has 1 aromatic heterocycles. The van der Waals surface area contributed by atoms with Gasteiger partial charge in [-0.1, -0.05) is 0 Å². The second-order valence-corrected chi connectivity index (χ2v) is 6.87. The molecule has 0 atom stereocenters. The molecule has 1 saturated heterocycles. The van der Waals surface area contributed by atoms with E-state index in [-0.39, 0.29) is 17.8 Å². The van der Waals surface area contributed by atoms with Crippen molar-refractivity contribution in [1.82, 2.24) is 4.90 Å². The molecular weight excluding hydrogens is 286 g/mol. The van der Waals surface area contributed by atoms with Crippen LogP contribution in [0.3, 0.4) is 0 Å². The molecule has 3 rings (SSSR count). The second-order valence-electron chi connectivity index (χ2n) is 5.73. The molecule has 1 fully saturated rings. The molecule has 0 spiro atoms. The predicted octanol–water partition coefficient (Wildman–Crippen LogP) is 2.65. The van der Waals surface area contributed by atoms with Crippen LogP contribution in [0.25, 0.3) is 0 Å². The zero-order valence-electron chi connectivity index (χ0n) is 12.4. The van der Waals surface area contributed by atoms with Gasteiger partial charge >= 0.3 is 5.97 Å². The van der Waals surface area contributed by atoms with Crippen LogP contribution in [0.5, 0.6) is 0 Å². The van der Waals surface area contributed by atoms with E-state index in [9.17, 15) is 9.59 Å². The smallest absolute Gasteiger partial charge is 0.309 e. The summed E-state index contributed by atoms with van der Waals surface area (Å²) in [5.41, 5.74) is 1.37. The minimum absolute atomic E-state index is 0.0395. The first-order valence-corrected chi connectivity index (χ1v) is 8.58. The molecule has 0 N–H and O–H groups in total. The van der Waals surface area contributed by atoms with Gasteiger partial charge in [0.1, 0.15) is 0 Å². The molecule has 114 valence electrons. The third-order valence-corrected chi connectivity index (χ3v) is 5.58. The highest BCUT2D eigenvalue weighted by Gasteiger charge is 2.29. The van der Waals surface area contributed by atoms with E-state index < -0.39 is 0 Å². The Morgan fingerprint density at radius 1 is 1.33 bits per heavy atom. The summed E-state index contributed by atoms with van der Waals surface area (Å²) in [7, 11) is 0. The Balaban J connectivity index is 1.58. The van der Waals surface area contributed by atoms with Crippen LogP contribution in [0, 0.1) is 5.92 Å². The van der Waals surface area contributed by atoms with Crippen molar-refractivity contribution in [2.45, 2.75) is 39.0 Å². The number of carbonyl (C=O) groups is 2. The van der Waals surface area contributed by atoms with Crippen LogP contribution in [0.15, 0.2) is 6.07 Å². The van der Waals surface area contributed by atoms with E-state index >= 15 is 0 Å². The fraction of sp³-hybridized carbons (Fsp3) is 0.625. The number of ether oxygens (including phenoxy) is 1. The van der Waals surface area contributed by atoms with Gasteiger partial charge in [-0.3, -0.25) is 9.59 Å². The third-order valence-electron chi connectivity index (χ3n) is 4.36. The van der Waals surface area contributed by atoms with Crippen LogP contribution in [-0.2, 0) is 22.4 Å². The van der Waals surface area contributed by atoms with Crippen LogP contribution in [0.2, 0.25) is 0 Å². The van der Waals surface area contributed by atoms with Gasteiger partial charge in [0.15, 0.2) is 0 Å². The first kappa shape index (κ1) is 14.6. The maximum Gasteiger partial charge on any atom is 0.309 e. The SMILES string of the molecule is CCOC(=O)C1CCN(C(=O)c2cc3c(s2)CCC3)CC1. The predicted molar refractivity (Wildman–Crippen MR) is 81.6 cm³/mol. The lowest BCUT2D eigenvalue weighted by atomic mass is 9.97. The molecule has 2 aliphatic rings. The van der Waals surface area contributed by atoms with Crippen molar-refractivity contribution in [3.8, 4) is 0 Å². The number of hydrogen-bond acceptors (Lipinski definition) is 4. The Morgan fingerprint density at radius 2 is 2.10 bits per heavy atom. The van der Waals surface area contributed by atoms with Crippen LogP contribution >= 0.6 is 11.3 Å². The molecule has 0 saturated carbocycles. The summed E-state index contributed by atoms with van der Waals surface area (Å²) in [6, 6.07) is 2.08. The van der Waals surface area contributed by atoms with E-state index in [2.05, 4.69) is 6.07 Å². The van der Waals surface area contributed by atoms with E-state index in [4.69, 9.17) is 4.74 Å². The summed E-state index contributed by atoms with van der Waals surface area (Å²) in [5, 5.41) is 0. The Morgan fingerprint density at radius 3 is 2.76 bits per heavy atom. The van der Waals surface area contributed by atoms with E-state index in [1.54, 1.807) is 11.3 Å². The summed E-state index contributed by atoms with van der Waals surface area (Å²) in [6.45, 7) is 3.57. The largest absolute Gasteiger partial charge is 0.466 e. The highest BCUT2D eigenvalue weighted by molar-refractivity contribution is 7.14. The lowest BCUT2D eigenvalue weighted by Crippen LogP contribution is -2.40. The molecule has 0 aromatic carbocycles. The Bertz CT molecular complexity index is 522. The summed E-state index contributed by atoms with van der Waals surface area (Å²) >= 11 is 1.66. The van der Waals surface area contributed by atoms with Crippen LogP contribution < -0.4 is 0 Å². The van der Waals surface area contributed by atoms with Gasteiger partial charge in [0, 0.05) is 18.0 Å². The van der Waals surface area contributed by atoms with E-state index in [0.29, 0.717) is 19.7 Å². The first-order valence-electron chi connectivity index (χ1n) is 7.76. The second kappa shape index (κ2) is 6.18. The highest BCUT2D eigenvalue weighted by Crippen LogP contribution is 2.32. The van der Waals surface area contributed by atoms with Crippen molar-refractivity contribution in [2.24, 2.45) is 5.92 Å². The van der Waals surface area contributed by atoms with Crippen molar-refractivity contribution in [3.05, 3.63) is 21.4 Å². The van der Waals surface area contributed by atoms with Gasteiger partial charge in [0.25, 0.3) is 5.91 Å². The van der Waals surface area contributed by atoms with Crippen LogP contribution in [0.1, 0.15) is 46.3 Å². The molecule has 0 unspecified atom stereocenters. The van der Waals surface area contributed by atoms with Gasteiger partial charge < -0.3 is 9.64 Å². The van der Waals surface area contributed by atoms with E-state index in [0.717, 1.165) is 30.6 Å². The van der Waals surface area contributed by atoms with Crippen LogP contribution in [-0.4, -0.2) is 36.5 Å². The minimum Gasteiger partial charge on any atom is -0.466 e. The van der Waals surface area contributed by atoms with Crippen molar-refractivity contribution in [3.63, 3.8) is 0 Å². The molecule has 1 aliphatic carbocycles. The van der Waals surface area contributed by atoms with Gasteiger partial charge in [-0.25, -0.2) is 0 Å². The average molecular weight is 307 g/mol. The maximum atomic E-state index is 12.5. The normalized spacial score (nSPS) is 18.6. The lowest BCUT2D eigenvalue weighted by Gasteiger charge is -2.30. The zero-order chi connectivity index (χ0) is 14.8. The fourth-order valence-corrected chi connectivity index (χ4v) is 4.39. The topological polar surface area (TPSA) is 46.6 Å². The minimum atomic E-state index is -0.111. The van der Waals surface area contributed by atoms with Gasteiger partial charge in [-0.15, -0.1) is 11.3 Å².